The molecule has 104 valence electrons. The second kappa shape index (κ2) is 8.72. The summed E-state index contributed by atoms with van der Waals surface area (Å²) in [6, 6.07) is -0.585. The molecule has 18 heavy (non-hydrogen) atoms. The van der Waals surface area contributed by atoms with Crippen molar-refractivity contribution < 1.29 is 14.3 Å². The van der Waals surface area contributed by atoms with Gasteiger partial charge in [-0.15, -0.1) is 0 Å². The van der Waals surface area contributed by atoms with E-state index in [4.69, 9.17) is 0 Å². The van der Waals surface area contributed by atoms with Gasteiger partial charge in [0.1, 0.15) is 6.04 Å². The summed E-state index contributed by atoms with van der Waals surface area (Å²) in [5, 5.41) is 2.68. The number of hydrogen-bond acceptors (Lipinski definition) is 3. The molecule has 1 N–H and O–H groups in total. The quantitative estimate of drug-likeness (QED) is 0.561. The van der Waals surface area contributed by atoms with Crippen LogP contribution in [-0.4, -0.2) is 25.0 Å². The predicted molar refractivity (Wildman–Crippen MR) is 72.1 cm³/mol. The molecule has 0 radical (unpaired) electrons. The van der Waals surface area contributed by atoms with Crippen LogP contribution in [0.5, 0.6) is 0 Å². The van der Waals surface area contributed by atoms with Gasteiger partial charge >= 0.3 is 5.97 Å². The van der Waals surface area contributed by atoms with Gasteiger partial charge in [-0.25, -0.2) is 4.79 Å². The van der Waals surface area contributed by atoms with Crippen molar-refractivity contribution >= 4 is 11.9 Å². The fourth-order valence-electron chi connectivity index (χ4n) is 1.57. The van der Waals surface area contributed by atoms with E-state index in [0.29, 0.717) is 0 Å². The van der Waals surface area contributed by atoms with Gasteiger partial charge in [-0.05, 0) is 25.7 Å². The Labute approximate surface area is 110 Å². The number of ether oxygens (including phenoxy) is 1. The second-order valence-electron chi connectivity index (χ2n) is 4.85. The van der Waals surface area contributed by atoms with Crippen molar-refractivity contribution in [3.63, 3.8) is 0 Å². The minimum Gasteiger partial charge on any atom is -0.467 e. The molecule has 0 saturated carbocycles. The zero-order chi connectivity index (χ0) is 14.1. The van der Waals surface area contributed by atoms with E-state index < -0.39 is 12.0 Å². The van der Waals surface area contributed by atoms with Crippen molar-refractivity contribution in [1.82, 2.24) is 5.32 Å². The zero-order valence-corrected chi connectivity index (χ0v) is 12.1. The minimum absolute atomic E-state index is 0.00532. The van der Waals surface area contributed by atoms with Crippen LogP contribution in [0.25, 0.3) is 0 Å². The first-order chi connectivity index (χ1) is 8.42. The number of allylic oxidation sites excluding steroid dienone is 1. The van der Waals surface area contributed by atoms with Crippen LogP contribution >= 0.6 is 0 Å². The number of nitrogens with one attached hydrogen (secondary N) is 1. The van der Waals surface area contributed by atoms with E-state index in [2.05, 4.69) is 17.0 Å². The lowest BCUT2D eigenvalue weighted by atomic mass is 10.0. The van der Waals surface area contributed by atoms with Crippen LogP contribution in [0.15, 0.2) is 11.6 Å². The lowest BCUT2D eigenvalue weighted by Crippen LogP contribution is -2.44. The molecule has 0 heterocycles. The Morgan fingerprint density at radius 1 is 1.33 bits per heavy atom. The van der Waals surface area contributed by atoms with Gasteiger partial charge in [0.25, 0.3) is 0 Å². The number of esters is 1. The maximum atomic E-state index is 11.8. The molecule has 0 aromatic carbocycles. The average molecular weight is 255 g/mol. The monoisotopic (exact) mass is 255 g/mol. The summed E-state index contributed by atoms with van der Waals surface area (Å²) in [6.45, 7) is 7.78. The third-order valence-corrected chi connectivity index (χ3v) is 2.72. The molecule has 4 nitrogen and oxygen atoms in total. The lowest BCUT2D eigenvalue weighted by Gasteiger charge is -2.19. The Morgan fingerprint density at radius 2 is 1.94 bits per heavy atom. The summed E-state index contributed by atoms with van der Waals surface area (Å²) >= 11 is 0. The fourth-order valence-corrected chi connectivity index (χ4v) is 1.57. The van der Waals surface area contributed by atoms with Crippen LogP contribution in [0, 0.1) is 5.92 Å². The van der Waals surface area contributed by atoms with Crippen LogP contribution in [-0.2, 0) is 14.3 Å². The molecule has 0 aromatic heterocycles. The molecule has 0 aliphatic heterocycles. The van der Waals surface area contributed by atoms with Gasteiger partial charge in [-0.1, -0.05) is 32.8 Å². The first kappa shape index (κ1) is 16.7. The van der Waals surface area contributed by atoms with E-state index >= 15 is 0 Å². The Morgan fingerprint density at radius 3 is 2.39 bits per heavy atom. The Hall–Kier alpha value is -1.32. The summed E-state index contributed by atoms with van der Waals surface area (Å²) in [5.74, 6) is -0.628. The average Bonchev–Trinajstić information content (AvgIpc) is 2.32. The van der Waals surface area contributed by atoms with Crippen LogP contribution in [0.2, 0.25) is 0 Å². The van der Waals surface area contributed by atoms with E-state index in [1.807, 2.05) is 20.8 Å². The highest BCUT2D eigenvalue weighted by molar-refractivity contribution is 5.92. The van der Waals surface area contributed by atoms with Crippen molar-refractivity contribution in [2.75, 3.05) is 7.11 Å². The summed E-state index contributed by atoms with van der Waals surface area (Å²) in [7, 11) is 1.33. The van der Waals surface area contributed by atoms with Crippen molar-refractivity contribution in [3.05, 3.63) is 11.6 Å². The number of methoxy groups -OCH3 is 1. The number of carbonyl (C=O) groups excluding carboxylic acids is 2. The number of amides is 1. The largest absolute Gasteiger partial charge is 0.467 e. The molecule has 0 bridgehead atoms. The number of unbranched alkanes of at least 4 members (excludes halogenated alkanes) is 1. The maximum Gasteiger partial charge on any atom is 0.328 e. The Bertz CT molecular complexity index is 308. The summed E-state index contributed by atoms with van der Waals surface area (Å²) in [6.07, 6.45) is 4.65. The summed E-state index contributed by atoms with van der Waals surface area (Å²) in [4.78, 5) is 23.2. The van der Waals surface area contributed by atoms with Gasteiger partial charge in [0, 0.05) is 6.08 Å². The fraction of sp³-hybridized carbons (Fsp3) is 0.714. The first-order valence-electron chi connectivity index (χ1n) is 6.47. The lowest BCUT2D eigenvalue weighted by molar-refractivity contribution is -0.145. The Balaban J connectivity index is 4.47. The molecule has 1 unspecified atom stereocenters. The molecule has 0 aliphatic carbocycles. The van der Waals surface area contributed by atoms with Crippen molar-refractivity contribution in [3.8, 4) is 0 Å². The van der Waals surface area contributed by atoms with Crippen molar-refractivity contribution in [1.29, 1.82) is 0 Å². The van der Waals surface area contributed by atoms with Crippen molar-refractivity contribution in [2.45, 2.75) is 53.0 Å². The summed E-state index contributed by atoms with van der Waals surface area (Å²) in [5.41, 5.74) is 1.03. The Kier molecular flexibility index (Phi) is 8.08. The molecule has 4 heteroatoms. The second-order valence-corrected chi connectivity index (χ2v) is 4.85. The van der Waals surface area contributed by atoms with E-state index in [-0.39, 0.29) is 11.8 Å². The van der Waals surface area contributed by atoms with Crippen molar-refractivity contribution in [2.24, 2.45) is 5.92 Å². The molecule has 1 amide bonds. The highest BCUT2D eigenvalue weighted by Crippen LogP contribution is 2.07. The van der Waals surface area contributed by atoms with Gasteiger partial charge in [-0.2, -0.15) is 0 Å². The summed E-state index contributed by atoms with van der Waals surface area (Å²) < 4.78 is 4.67. The maximum absolute atomic E-state index is 11.8. The normalized spacial score (nSPS) is 13.3. The topological polar surface area (TPSA) is 55.4 Å². The van der Waals surface area contributed by atoms with Gasteiger partial charge in [0.15, 0.2) is 0 Å². The highest BCUT2D eigenvalue weighted by Gasteiger charge is 2.24. The van der Waals surface area contributed by atoms with Crippen LogP contribution < -0.4 is 5.32 Å². The number of carbonyl (C=O) groups is 2. The van der Waals surface area contributed by atoms with E-state index in [9.17, 15) is 9.59 Å². The van der Waals surface area contributed by atoms with Crippen LogP contribution in [0.4, 0.5) is 0 Å². The first-order valence-corrected chi connectivity index (χ1v) is 6.47. The molecular formula is C14H25NO3. The minimum atomic E-state index is -0.585. The molecular weight excluding hydrogens is 230 g/mol. The van der Waals surface area contributed by atoms with Gasteiger partial charge in [-0.3, -0.25) is 4.79 Å². The highest BCUT2D eigenvalue weighted by atomic mass is 16.5. The standard InChI is InChI=1S/C14H25NO3/c1-6-7-8-11(4)9-12(16)15-13(10(2)3)14(17)18-5/h9-10,13H,6-8H2,1-5H3,(H,15,16). The molecule has 0 saturated heterocycles. The molecule has 0 fully saturated rings. The molecule has 0 spiro atoms. The van der Waals surface area contributed by atoms with Gasteiger partial charge < -0.3 is 10.1 Å². The van der Waals surface area contributed by atoms with E-state index in [0.717, 1.165) is 24.8 Å². The number of hydrogen-bond donors (Lipinski definition) is 1. The zero-order valence-electron chi connectivity index (χ0n) is 12.1. The third kappa shape index (κ3) is 6.42. The van der Waals surface area contributed by atoms with E-state index in [1.165, 1.54) is 7.11 Å². The SMILES string of the molecule is CCCCC(C)=CC(=O)NC(C(=O)OC)C(C)C. The van der Waals surface area contributed by atoms with Gasteiger partial charge in [0.2, 0.25) is 5.91 Å². The number of rotatable bonds is 7. The molecule has 0 rings (SSSR count). The van der Waals surface area contributed by atoms with Crippen LogP contribution in [0.1, 0.15) is 47.0 Å². The van der Waals surface area contributed by atoms with Crippen LogP contribution in [0.3, 0.4) is 0 Å². The predicted octanol–water partition coefficient (Wildman–Crippen LogP) is 2.44. The van der Waals surface area contributed by atoms with Gasteiger partial charge in [0.05, 0.1) is 7.11 Å². The molecule has 0 aliphatic rings. The van der Waals surface area contributed by atoms with E-state index in [1.54, 1.807) is 6.08 Å². The smallest absolute Gasteiger partial charge is 0.328 e. The molecule has 1 atom stereocenters. The molecule has 0 aromatic rings. The third-order valence-electron chi connectivity index (χ3n) is 2.72.